The minimum absolute atomic E-state index is 0.0840. The van der Waals surface area contributed by atoms with E-state index in [4.69, 9.17) is 4.74 Å². The van der Waals surface area contributed by atoms with Crippen LogP contribution in [0.15, 0.2) is 24.3 Å². The largest absolute Gasteiger partial charge is 0.358 e. The Balaban J connectivity index is 2.01. The van der Waals surface area contributed by atoms with E-state index in [1.807, 2.05) is 0 Å². The number of rotatable bonds is 1. The van der Waals surface area contributed by atoms with Crippen molar-refractivity contribution in [3.05, 3.63) is 35.4 Å². The van der Waals surface area contributed by atoms with Crippen molar-refractivity contribution in [3.63, 3.8) is 0 Å². The molecule has 3 rings (SSSR count). The van der Waals surface area contributed by atoms with Crippen LogP contribution in [-0.4, -0.2) is 5.60 Å². The molecule has 0 amide bonds. The lowest BCUT2D eigenvalue weighted by atomic mass is 9.90. The summed E-state index contributed by atoms with van der Waals surface area (Å²) in [6.45, 7) is 4.38. The molecule has 0 N–H and O–H groups in total. The molecule has 2 fully saturated rings. The number of ether oxygens (including phenoxy) is 1. The maximum atomic E-state index is 5.95. The Morgan fingerprint density at radius 1 is 1.14 bits per heavy atom. The zero-order valence-electron chi connectivity index (χ0n) is 8.84. The molecule has 2 unspecified atom stereocenters. The minimum Gasteiger partial charge on any atom is -0.358 e. The maximum absolute atomic E-state index is 5.95. The average Bonchev–Trinajstić information content (AvgIpc) is 2.62. The van der Waals surface area contributed by atoms with Gasteiger partial charge in [0, 0.05) is 0 Å². The Kier molecular flexibility index (Phi) is 1.46. The van der Waals surface area contributed by atoms with Gasteiger partial charge in [-0.1, -0.05) is 29.8 Å². The van der Waals surface area contributed by atoms with Crippen LogP contribution < -0.4 is 0 Å². The van der Waals surface area contributed by atoms with Gasteiger partial charge in [0.2, 0.25) is 0 Å². The van der Waals surface area contributed by atoms with Gasteiger partial charge >= 0.3 is 0 Å². The SMILES string of the molecule is Cc1ccc(C23CCCC2(C)O3)cc1. The van der Waals surface area contributed by atoms with E-state index >= 15 is 0 Å². The molecule has 0 spiro atoms. The molecule has 1 saturated carbocycles. The molecule has 74 valence electrons. The Morgan fingerprint density at radius 2 is 1.86 bits per heavy atom. The van der Waals surface area contributed by atoms with Gasteiger partial charge in [0.05, 0.1) is 5.60 Å². The van der Waals surface area contributed by atoms with Crippen molar-refractivity contribution in [1.29, 1.82) is 0 Å². The van der Waals surface area contributed by atoms with Gasteiger partial charge in [0.25, 0.3) is 0 Å². The number of epoxide rings is 1. The summed E-state index contributed by atoms with van der Waals surface area (Å²) in [6.07, 6.45) is 3.73. The quantitative estimate of drug-likeness (QED) is 0.617. The van der Waals surface area contributed by atoms with Crippen LogP contribution in [-0.2, 0) is 10.3 Å². The second kappa shape index (κ2) is 2.40. The van der Waals surface area contributed by atoms with E-state index in [2.05, 4.69) is 38.1 Å². The Morgan fingerprint density at radius 3 is 2.36 bits per heavy atom. The molecular formula is C13H16O. The molecule has 1 heterocycles. The second-order valence-corrected chi connectivity index (χ2v) is 4.88. The van der Waals surface area contributed by atoms with Gasteiger partial charge in [0.15, 0.2) is 0 Å². The molecule has 1 heteroatoms. The highest BCUT2D eigenvalue weighted by Gasteiger charge is 2.69. The topological polar surface area (TPSA) is 12.5 Å². The first-order chi connectivity index (χ1) is 6.66. The summed E-state index contributed by atoms with van der Waals surface area (Å²) in [5, 5.41) is 0. The maximum Gasteiger partial charge on any atom is 0.123 e. The number of hydrogen-bond acceptors (Lipinski definition) is 1. The Bertz CT molecular complexity index is 363. The van der Waals surface area contributed by atoms with E-state index in [9.17, 15) is 0 Å². The third kappa shape index (κ3) is 0.885. The number of hydrogen-bond donors (Lipinski definition) is 0. The van der Waals surface area contributed by atoms with Gasteiger partial charge in [-0.25, -0.2) is 0 Å². The standard InChI is InChI=1S/C13H16O/c1-10-4-6-11(7-5-10)13-9-3-8-12(13,2)14-13/h4-7H,3,8-9H2,1-2H3. The fraction of sp³-hybridized carbons (Fsp3) is 0.538. The zero-order chi connectivity index (χ0) is 9.81. The molecule has 1 nitrogen and oxygen atoms in total. The van der Waals surface area contributed by atoms with E-state index in [-0.39, 0.29) is 11.2 Å². The number of fused-ring (bicyclic) bond motifs is 1. The van der Waals surface area contributed by atoms with Crippen LogP contribution in [0.2, 0.25) is 0 Å². The van der Waals surface area contributed by atoms with Crippen LogP contribution in [0.4, 0.5) is 0 Å². The van der Waals surface area contributed by atoms with Crippen LogP contribution in [0.3, 0.4) is 0 Å². The Hall–Kier alpha value is -0.820. The predicted octanol–water partition coefficient (Wildman–Crippen LogP) is 3.16. The van der Waals surface area contributed by atoms with Gasteiger partial charge < -0.3 is 4.74 Å². The van der Waals surface area contributed by atoms with Crippen molar-refractivity contribution in [2.75, 3.05) is 0 Å². The van der Waals surface area contributed by atoms with E-state index in [0.29, 0.717) is 0 Å². The fourth-order valence-corrected chi connectivity index (χ4v) is 2.93. The summed E-state index contributed by atoms with van der Waals surface area (Å²) in [5.74, 6) is 0. The summed E-state index contributed by atoms with van der Waals surface area (Å²) in [7, 11) is 0. The summed E-state index contributed by atoms with van der Waals surface area (Å²) < 4.78 is 5.95. The smallest absolute Gasteiger partial charge is 0.123 e. The second-order valence-electron chi connectivity index (χ2n) is 4.88. The van der Waals surface area contributed by atoms with E-state index < -0.39 is 0 Å². The first-order valence-corrected chi connectivity index (χ1v) is 5.44. The van der Waals surface area contributed by atoms with Crippen molar-refractivity contribution < 1.29 is 4.74 Å². The minimum atomic E-state index is 0.0840. The molecular weight excluding hydrogens is 172 g/mol. The molecule has 1 aromatic carbocycles. The van der Waals surface area contributed by atoms with E-state index in [1.165, 1.54) is 30.4 Å². The van der Waals surface area contributed by atoms with Crippen molar-refractivity contribution in [2.45, 2.75) is 44.3 Å². The lowest BCUT2D eigenvalue weighted by Gasteiger charge is -2.09. The lowest BCUT2D eigenvalue weighted by molar-refractivity contribution is 0.224. The van der Waals surface area contributed by atoms with Crippen LogP contribution in [0.1, 0.15) is 37.3 Å². The molecule has 2 atom stereocenters. The summed E-state index contributed by atoms with van der Waals surface area (Å²) in [4.78, 5) is 0. The molecule has 1 aliphatic heterocycles. The predicted molar refractivity (Wildman–Crippen MR) is 56.2 cm³/mol. The zero-order valence-corrected chi connectivity index (χ0v) is 8.84. The molecule has 0 radical (unpaired) electrons. The van der Waals surface area contributed by atoms with Crippen LogP contribution in [0.5, 0.6) is 0 Å². The number of aryl methyl sites for hydroxylation is 1. The third-order valence-corrected chi connectivity index (χ3v) is 3.91. The monoisotopic (exact) mass is 188 g/mol. The molecule has 0 aromatic heterocycles. The van der Waals surface area contributed by atoms with Crippen molar-refractivity contribution in [2.24, 2.45) is 0 Å². The first kappa shape index (κ1) is 8.49. The third-order valence-electron chi connectivity index (χ3n) is 3.91. The molecule has 1 aromatic rings. The molecule has 1 aliphatic carbocycles. The van der Waals surface area contributed by atoms with Gasteiger partial charge in [-0.2, -0.15) is 0 Å². The summed E-state index contributed by atoms with van der Waals surface area (Å²) in [5.41, 5.74) is 2.94. The summed E-state index contributed by atoms with van der Waals surface area (Å²) in [6, 6.07) is 8.83. The Labute approximate surface area is 85.1 Å². The fourth-order valence-electron chi connectivity index (χ4n) is 2.93. The van der Waals surface area contributed by atoms with Crippen molar-refractivity contribution in [3.8, 4) is 0 Å². The van der Waals surface area contributed by atoms with E-state index in [1.54, 1.807) is 0 Å². The normalized spacial score (nSPS) is 39.6. The van der Waals surface area contributed by atoms with Gasteiger partial charge in [-0.3, -0.25) is 0 Å². The van der Waals surface area contributed by atoms with Crippen LogP contribution in [0.25, 0.3) is 0 Å². The average molecular weight is 188 g/mol. The summed E-state index contributed by atoms with van der Waals surface area (Å²) >= 11 is 0. The van der Waals surface area contributed by atoms with E-state index in [0.717, 1.165) is 0 Å². The highest BCUT2D eigenvalue weighted by Crippen LogP contribution is 2.65. The highest BCUT2D eigenvalue weighted by molar-refractivity contribution is 5.36. The first-order valence-electron chi connectivity index (χ1n) is 5.44. The lowest BCUT2D eigenvalue weighted by Crippen LogP contribution is -2.13. The molecule has 14 heavy (non-hydrogen) atoms. The number of benzene rings is 1. The highest BCUT2D eigenvalue weighted by atomic mass is 16.6. The molecule has 2 aliphatic rings. The van der Waals surface area contributed by atoms with Gasteiger partial charge in [-0.15, -0.1) is 0 Å². The van der Waals surface area contributed by atoms with Gasteiger partial charge in [0.1, 0.15) is 5.60 Å². The molecule has 1 saturated heterocycles. The van der Waals surface area contributed by atoms with Crippen LogP contribution in [0, 0.1) is 6.92 Å². The van der Waals surface area contributed by atoms with Crippen LogP contribution >= 0.6 is 0 Å². The van der Waals surface area contributed by atoms with Crippen molar-refractivity contribution >= 4 is 0 Å². The van der Waals surface area contributed by atoms with Gasteiger partial charge in [-0.05, 0) is 38.7 Å². The molecule has 0 bridgehead atoms. The van der Waals surface area contributed by atoms with Crippen molar-refractivity contribution in [1.82, 2.24) is 0 Å².